The number of amides is 1. The molecule has 0 spiro atoms. The van der Waals surface area contributed by atoms with Crippen molar-refractivity contribution in [1.82, 2.24) is 24.7 Å². The van der Waals surface area contributed by atoms with Crippen molar-refractivity contribution in [1.29, 1.82) is 0 Å². The fraction of sp³-hybridized carbons (Fsp3) is 0.137. The minimum atomic E-state index is -0.915. The number of aromatic nitrogens is 5. The first-order valence-electron chi connectivity index (χ1n) is 19.9. The number of halogens is 1. The topological polar surface area (TPSA) is 88.5 Å². The molecule has 3 aromatic heterocycles. The summed E-state index contributed by atoms with van der Waals surface area (Å²) in [7, 11) is 0. The Kier molecular flexibility index (Phi) is 11.0. The van der Waals surface area contributed by atoms with Crippen molar-refractivity contribution >= 4 is 34.1 Å². The van der Waals surface area contributed by atoms with Crippen LogP contribution >= 0.6 is 0 Å². The Balaban J connectivity index is 1.42. The van der Waals surface area contributed by atoms with Gasteiger partial charge in [-0.2, -0.15) is 5.10 Å². The summed E-state index contributed by atoms with van der Waals surface area (Å²) in [6.45, 7) is 7.94. The molecule has 0 saturated carbocycles. The van der Waals surface area contributed by atoms with Crippen LogP contribution in [0.5, 0.6) is 0 Å². The third-order valence-electron chi connectivity index (χ3n) is 10.5. The van der Waals surface area contributed by atoms with Gasteiger partial charge in [-0.1, -0.05) is 135 Å². The van der Waals surface area contributed by atoms with Crippen molar-refractivity contribution in [3.05, 3.63) is 204 Å². The highest BCUT2D eigenvalue weighted by atomic mass is 19.1. The van der Waals surface area contributed by atoms with Gasteiger partial charge in [-0.05, 0) is 84.0 Å². The molecule has 0 unspecified atom stereocenters. The number of aromatic amines is 1. The van der Waals surface area contributed by atoms with Crippen molar-refractivity contribution in [2.45, 2.75) is 39.7 Å². The lowest BCUT2D eigenvalue weighted by Crippen LogP contribution is -2.38. The maximum atomic E-state index is 14.6. The van der Waals surface area contributed by atoms with E-state index in [0.717, 1.165) is 55.6 Å². The molecule has 7 nitrogen and oxygen atoms in total. The third kappa shape index (κ3) is 7.53. The molecule has 5 aromatic carbocycles. The van der Waals surface area contributed by atoms with Crippen LogP contribution in [0.2, 0.25) is 0 Å². The summed E-state index contributed by atoms with van der Waals surface area (Å²) in [6.07, 6.45) is 9.78. The van der Waals surface area contributed by atoms with Crippen LogP contribution < -0.4 is 5.32 Å². The molecular weight excluding hydrogens is 732 g/mol. The van der Waals surface area contributed by atoms with Gasteiger partial charge in [0.05, 0.1) is 28.8 Å². The first kappa shape index (κ1) is 38.7. The van der Waals surface area contributed by atoms with E-state index in [4.69, 9.17) is 10.1 Å². The molecule has 292 valence electrons. The number of nitrogens with one attached hydrogen (secondary N) is 2. The highest BCUT2D eigenvalue weighted by Gasteiger charge is 2.41. The van der Waals surface area contributed by atoms with Crippen LogP contribution in [0.25, 0.3) is 45.2 Å². The number of allylic oxidation sites excluding steroid dienone is 2. The zero-order chi connectivity index (χ0) is 40.9. The number of rotatable bonds is 12. The van der Waals surface area contributed by atoms with Crippen molar-refractivity contribution in [3.8, 4) is 22.6 Å². The van der Waals surface area contributed by atoms with Crippen LogP contribution in [0.1, 0.15) is 67.8 Å². The van der Waals surface area contributed by atoms with E-state index < -0.39 is 5.54 Å². The molecule has 0 radical (unpaired) electrons. The molecule has 0 aliphatic heterocycles. The number of imidazole rings is 1. The van der Waals surface area contributed by atoms with Gasteiger partial charge in [-0.15, -0.1) is 0 Å². The number of carbonyl (C=O) groups is 1. The molecule has 1 amide bonds. The molecule has 0 aliphatic rings. The van der Waals surface area contributed by atoms with Crippen LogP contribution in [0.15, 0.2) is 164 Å². The normalized spacial score (nSPS) is 12.1. The molecule has 0 aliphatic carbocycles. The predicted molar refractivity (Wildman–Crippen MR) is 237 cm³/mol. The second-order valence-electron chi connectivity index (χ2n) is 15.0. The minimum Gasteiger partial charge on any atom is -0.337 e. The monoisotopic (exact) mass is 776 g/mol. The molecule has 2 N–H and O–H groups in total. The number of hydrogen-bond donors (Lipinski definition) is 2. The fourth-order valence-corrected chi connectivity index (χ4v) is 7.97. The van der Waals surface area contributed by atoms with Crippen LogP contribution in [0.4, 0.5) is 10.1 Å². The summed E-state index contributed by atoms with van der Waals surface area (Å²) in [5.74, 6) is 0.410. The van der Waals surface area contributed by atoms with Gasteiger partial charge in [-0.25, -0.2) is 14.1 Å². The van der Waals surface area contributed by atoms with E-state index in [1.165, 1.54) is 12.1 Å². The Morgan fingerprint density at radius 3 is 2.05 bits per heavy atom. The van der Waals surface area contributed by atoms with Gasteiger partial charge in [0.15, 0.2) is 5.82 Å². The molecule has 8 heteroatoms. The van der Waals surface area contributed by atoms with Crippen molar-refractivity contribution in [2.75, 3.05) is 5.32 Å². The standard InChI is InChI=1S/C51H45FN6O/c1-5-17-45-48(43(6-2)36-18-16-25-41(52)29-36)56-50(55-45)49-44-31-35(37-30-42(33-53-32-37)54-47(59)28-34(3)4)26-27-46(44)58(57-49)51(38-19-10-7-11-20-38,39-21-12-8-13-22-39)40-23-14-9-15-24-40/h5-27,29-34H,28H2,1-4H3,(H,54,59)(H,55,56)/b17-5+,43-6-. The second-order valence-corrected chi connectivity index (χ2v) is 15.0. The first-order valence-corrected chi connectivity index (χ1v) is 19.9. The highest BCUT2D eigenvalue weighted by molar-refractivity contribution is 5.97. The van der Waals surface area contributed by atoms with E-state index in [-0.39, 0.29) is 17.6 Å². The van der Waals surface area contributed by atoms with Gasteiger partial charge in [-0.3, -0.25) is 9.78 Å². The smallest absolute Gasteiger partial charge is 0.224 e. The van der Waals surface area contributed by atoms with Gasteiger partial charge in [0, 0.05) is 29.1 Å². The van der Waals surface area contributed by atoms with Crippen LogP contribution in [0.3, 0.4) is 0 Å². The molecule has 8 aromatic rings. The maximum absolute atomic E-state index is 14.6. The first-order chi connectivity index (χ1) is 28.8. The third-order valence-corrected chi connectivity index (χ3v) is 10.5. The lowest BCUT2D eigenvalue weighted by atomic mass is 9.77. The highest BCUT2D eigenvalue weighted by Crippen LogP contribution is 2.45. The second kappa shape index (κ2) is 16.7. The number of nitrogens with zero attached hydrogens (tertiary/aromatic N) is 4. The number of anilines is 1. The Bertz CT molecular complexity index is 2710. The largest absolute Gasteiger partial charge is 0.337 e. The van der Waals surface area contributed by atoms with Crippen LogP contribution in [0, 0.1) is 11.7 Å². The number of pyridine rings is 1. The van der Waals surface area contributed by atoms with Crippen LogP contribution in [-0.4, -0.2) is 30.6 Å². The Morgan fingerprint density at radius 1 is 0.797 bits per heavy atom. The SMILES string of the molecule is C/C=C(/c1cccc(F)c1)c1nc(-c2nn(C(c3ccccc3)(c3ccccc3)c3ccccc3)c3ccc(-c4cncc(NC(=O)CC(C)C)c4)cc23)[nH]c1/C=C/C. The molecule has 0 fully saturated rings. The molecular formula is C51H45FN6O. The summed E-state index contributed by atoms with van der Waals surface area (Å²) >= 11 is 0. The number of H-pyrrole nitrogens is 1. The predicted octanol–water partition coefficient (Wildman–Crippen LogP) is 11.9. The molecule has 0 saturated heterocycles. The van der Waals surface area contributed by atoms with Gasteiger partial charge in [0.2, 0.25) is 5.91 Å². The zero-order valence-corrected chi connectivity index (χ0v) is 33.5. The van der Waals surface area contributed by atoms with Gasteiger partial charge in [0.1, 0.15) is 17.1 Å². The number of hydrogen-bond acceptors (Lipinski definition) is 4. The number of carbonyl (C=O) groups excluding carboxylic acids is 1. The van der Waals surface area contributed by atoms with E-state index in [1.807, 2.05) is 76.3 Å². The summed E-state index contributed by atoms with van der Waals surface area (Å²) in [4.78, 5) is 26.2. The van der Waals surface area contributed by atoms with Crippen molar-refractivity contribution in [3.63, 3.8) is 0 Å². The van der Waals surface area contributed by atoms with E-state index >= 15 is 0 Å². The quantitative estimate of drug-likeness (QED) is 0.121. The lowest BCUT2D eigenvalue weighted by molar-refractivity contribution is -0.116. The van der Waals surface area contributed by atoms with E-state index in [9.17, 15) is 9.18 Å². The average Bonchev–Trinajstić information content (AvgIpc) is 3.84. The summed E-state index contributed by atoms with van der Waals surface area (Å²) in [5, 5.41) is 9.49. The zero-order valence-electron chi connectivity index (χ0n) is 33.5. The Labute approximate surface area is 344 Å². The number of fused-ring (bicyclic) bond motifs is 1. The lowest BCUT2D eigenvalue weighted by Gasteiger charge is -2.37. The molecule has 59 heavy (non-hydrogen) atoms. The molecule has 3 heterocycles. The van der Waals surface area contributed by atoms with E-state index in [1.54, 1.807) is 18.5 Å². The van der Waals surface area contributed by atoms with Crippen molar-refractivity contribution < 1.29 is 9.18 Å². The summed E-state index contributed by atoms with van der Waals surface area (Å²) < 4.78 is 16.7. The van der Waals surface area contributed by atoms with E-state index in [2.05, 4.69) is 111 Å². The minimum absolute atomic E-state index is 0.0543. The molecule has 8 rings (SSSR count). The maximum Gasteiger partial charge on any atom is 0.224 e. The van der Waals surface area contributed by atoms with Gasteiger partial charge in [0.25, 0.3) is 0 Å². The molecule has 0 atom stereocenters. The van der Waals surface area contributed by atoms with Crippen LogP contribution in [-0.2, 0) is 10.3 Å². The Morgan fingerprint density at radius 2 is 1.46 bits per heavy atom. The molecule has 0 bridgehead atoms. The average molecular weight is 777 g/mol. The van der Waals surface area contributed by atoms with Crippen molar-refractivity contribution in [2.24, 2.45) is 5.92 Å². The summed E-state index contributed by atoms with van der Waals surface area (Å²) in [6, 6.07) is 46.2. The summed E-state index contributed by atoms with van der Waals surface area (Å²) in [5.41, 5.74) is 9.01. The van der Waals surface area contributed by atoms with Gasteiger partial charge < -0.3 is 10.3 Å². The Hall–Kier alpha value is -7.19. The fourth-order valence-electron chi connectivity index (χ4n) is 7.97. The number of benzene rings is 5. The van der Waals surface area contributed by atoms with E-state index in [0.29, 0.717) is 29.3 Å². The van der Waals surface area contributed by atoms with Gasteiger partial charge >= 0.3 is 0 Å².